The minimum Gasteiger partial charge on any atom is -0.388 e. The highest BCUT2D eigenvalue weighted by Crippen LogP contribution is 2.63. The highest BCUT2D eigenvalue weighted by atomic mass is 19.4. The van der Waals surface area contributed by atoms with Gasteiger partial charge < -0.3 is 9.84 Å². The molecule has 4 aliphatic rings. The van der Waals surface area contributed by atoms with Gasteiger partial charge >= 0.3 is 6.18 Å². The molecule has 7 heteroatoms. The van der Waals surface area contributed by atoms with E-state index in [-0.39, 0.29) is 11.3 Å². The molecule has 2 saturated carbocycles. The van der Waals surface area contributed by atoms with Gasteiger partial charge in [-0.2, -0.15) is 13.2 Å². The van der Waals surface area contributed by atoms with Gasteiger partial charge in [-0.05, 0) is 61.5 Å². The Hall–Kier alpha value is -1.99. The second-order valence-electron chi connectivity index (χ2n) is 10.9. The third-order valence-electron chi connectivity index (χ3n) is 8.24. The number of nitrogens with zero attached hydrogens (tertiary/aromatic N) is 2. The summed E-state index contributed by atoms with van der Waals surface area (Å²) in [5, 5.41) is 11.3. The summed E-state index contributed by atoms with van der Waals surface area (Å²) in [4.78, 5) is 8.83. The third-order valence-corrected chi connectivity index (χ3v) is 8.24. The van der Waals surface area contributed by atoms with Gasteiger partial charge in [-0.15, -0.1) is 0 Å². The predicted octanol–water partition coefficient (Wildman–Crippen LogP) is 6.27. The topological polar surface area (TPSA) is 55.2 Å². The average Bonchev–Trinajstić information content (AvgIpc) is 3.19. The Morgan fingerprint density at radius 3 is 2.39 bits per heavy atom. The molecule has 2 atom stereocenters. The molecule has 0 radical (unpaired) electrons. The fourth-order valence-electron chi connectivity index (χ4n) is 6.49. The summed E-state index contributed by atoms with van der Waals surface area (Å²) >= 11 is 0. The van der Waals surface area contributed by atoms with Gasteiger partial charge in [0.1, 0.15) is 11.8 Å². The van der Waals surface area contributed by atoms with Crippen molar-refractivity contribution >= 4 is 0 Å². The van der Waals surface area contributed by atoms with Crippen molar-refractivity contribution in [3.05, 3.63) is 57.7 Å². The van der Waals surface area contributed by atoms with Gasteiger partial charge in [-0.1, -0.05) is 32.8 Å². The molecule has 176 valence electrons. The Labute approximate surface area is 191 Å². The zero-order chi connectivity index (χ0) is 23.2. The first-order chi connectivity index (χ1) is 15.6. The highest BCUT2D eigenvalue weighted by molar-refractivity contribution is 5.54. The molecule has 0 aromatic carbocycles. The summed E-state index contributed by atoms with van der Waals surface area (Å²) in [6.45, 7) is 4.20. The van der Waals surface area contributed by atoms with E-state index in [9.17, 15) is 18.3 Å². The summed E-state index contributed by atoms with van der Waals surface area (Å²) in [5.74, 6) is 0.128. The van der Waals surface area contributed by atoms with E-state index in [1.165, 1.54) is 12.3 Å². The van der Waals surface area contributed by atoms with E-state index in [0.29, 0.717) is 5.56 Å². The lowest BCUT2D eigenvalue weighted by Crippen LogP contribution is -2.29. The van der Waals surface area contributed by atoms with Gasteiger partial charge in [0.05, 0.1) is 11.7 Å². The van der Waals surface area contributed by atoms with Crippen molar-refractivity contribution in [1.82, 2.24) is 9.97 Å². The van der Waals surface area contributed by atoms with Gasteiger partial charge in [-0.25, -0.2) is 0 Å². The Morgan fingerprint density at radius 1 is 1.09 bits per heavy atom. The molecule has 1 aliphatic heterocycles. The molecule has 4 nitrogen and oxygen atoms in total. The number of fused-ring (bicyclic) bond motifs is 4. The zero-order valence-corrected chi connectivity index (χ0v) is 19.0. The van der Waals surface area contributed by atoms with Gasteiger partial charge in [0.15, 0.2) is 0 Å². The minimum absolute atomic E-state index is 0.128. The van der Waals surface area contributed by atoms with Crippen molar-refractivity contribution in [2.24, 2.45) is 5.41 Å². The van der Waals surface area contributed by atoms with E-state index in [4.69, 9.17) is 9.72 Å². The summed E-state index contributed by atoms with van der Waals surface area (Å²) in [6.07, 6.45) is 3.45. The number of pyridine rings is 2. The molecule has 6 rings (SSSR count). The van der Waals surface area contributed by atoms with E-state index in [1.807, 2.05) is 0 Å². The minimum atomic E-state index is -4.48. The van der Waals surface area contributed by atoms with E-state index in [2.05, 4.69) is 18.8 Å². The van der Waals surface area contributed by atoms with Crippen LogP contribution in [0.3, 0.4) is 0 Å². The smallest absolute Gasteiger partial charge is 0.388 e. The molecule has 2 fully saturated rings. The van der Waals surface area contributed by atoms with E-state index >= 15 is 0 Å². The fourth-order valence-corrected chi connectivity index (χ4v) is 6.49. The lowest BCUT2D eigenvalue weighted by Gasteiger charge is -2.34. The Bertz CT molecular complexity index is 1100. The maximum absolute atomic E-state index is 13.1. The van der Waals surface area contributed by atoms with Gasteiger partial charge in [0.2, 0.25) is 0 Å². The summed E-state index contributed by atoms with van der Waals surface area (Å²) in [7, 11) is 0. The van der Waals surface area contributed by atoms with E-state index < -0.39 is 29.7 Å². The molecule has 3 aliphatic carbocycles. The first-order valence-electron chi connectivity index (χ1n) is 12.1. The maximum atomic E-state index is 13.1. The van der Waals surface area contributed by atoms with Crippen molar-refractivity contribution in [2.45, 2.75) is 95.1 Å². The number of aliphatic hydroxyl groups excluding tert-OH is 1. The molecule has 2 aromatic heterocycles. The van der Waals surface area contributed by atoms with Crippen LogP contribution in [0.15, 0.2) is 18.3 Å². The maximum Gasteiger partial charge on any atom is 0.433 e. The number of hydrogen-bond acceptors (Lipinski definition) is 4. The Balaban J connectivity index is 1.55. The number of alkyl halides is 3. The van der Waals surface area contributed by atoms with Gasteiger partial charge in [0.25, 0.3) is 0 Å². The van der Waals surface area contributed by atoms with Crippen molar-refractivity contribution in [3.8, 4) is 0 Å². The molecule has 0 amide bonds. The van der Waals surface area contributed by atoms with Crippen molar-refractivity contribution < 1.29 is 23.0 Å². The number of aliphatic hydroxyl groups is 1. The molecule has 0 bridgehead atoms. The quantitative estimate of drug-likeness (QED) is 0.577. The Kier molecular flexibility index (Phi) is 4.58. The lowest BCUT2D eigenvalue weighted by molar-refractivity contribution is -0.141. The zero-order valence-electron chi connectivity index (χ0n) is 19.0. The van der Waals surface area contributed by atoms with Crippen LogP contribution in [0.5, 0.6) is 0 Å². The summed E-state index contributed by atoms with van der Waals surface area (Å²) in [5.41, 5.74) is 4.33. The standard InChI is InChI=1S/C26H29F3N2O2/c1-14(2)22-20-21(19-16(31-22)11-24(9-10-24)12-17(19)32)25(7-3-4-8-25)33-23(20)15-5-6-18(30-13-15)26(27,28)29/h5-6,13-14,17,23,32H,3-4,7-12H2,1-2H3/t17?,23-/m0/s1. The number of ether oxygens (including phenoxy) is 1. The SMILES string of the molecule is CC(C)c1nc2c(c3c1[C@H](c1ccc(C(F)(F)F)nc1)OC31CCCC1)C(O)CC1(CC1)C2. The van der Waals surface area contributed by atoms with Crippen LogP contribution < -0.4 is 0 Å². The predicted molar refractivity (Wildman–Crippen MR) is 116 cm³/mol. The highest BCUT2D eigenvalue weighted by Gasteiger charge is 2.55. The van der Waals surface area contributed by atoms with Crippen LogP contribution >= 0.6 is 0 Å². The van der Waals surface area contributed by atoms with Crippen molar-refractivity contribution in [1.29, 1.82) is 0 Å². The summed E-state index contributed by atoms with van der Waals surface area (Å²) in [6, 6.07) is 2.52. The van der Waals surface area contributed by atoms with Crippen molar-refractivity contribution in [3.63, 3.8) is 0 Å². The van der Waals surface area contributed by atoms with E-state index in [0.717, 1.165) is 85.5 Å². The van der Waals surface area contributed by atoms with Crippen LogP contribution in [0, 0.1) is 5.41 Å². The Morgan fingerprint density at radius 2 is 1.82 bits per heavy atom. The van der Waals surface area contributed by atoms with Crippen molar-refractivity contribution in [2.75, 3.05) is 0 Å². The first-order valence-corrected chi connectivity index (χ1v) is 12.1. The van der Waals surface area contributed by atoms with Crippen LogP contribution in [0.25, 0.3) is 0 Å². The third kappa shape index (κ3) is 3.26. The number of rotatable bonds is 2. The molecule has 1 unspecified atom stereocenters. The molecule has 33 heavy (non-hydrogen) atoms. The van der Waals surface area contributed by atoms with Crippen LogP contribution in [-0.4, -0.2) is 15.1 Å². The molecule has 2 spiro atoms. The monoisotopic (exact) mass is 458 g/mol. The number of hydrogen-bond donors (Lipinski definition) is 1. The second kappa shape index (κ2) is 7.01. The lowest BCUT2D eigenvalue weighted by atomic mass is 9.74. The first kappa shape index (κ1) is 21.5. The molecular weight excluding hydrogens is 429 g/mol. The molecule has 1 N–H and O–H groups in total. The summed E-state index contributed by atoms with van der Waals surface area (Å²) < 4.78 is 46.1. The number of halogens is 3. The van der Waals surface area contributed by atoms with E-state index in [1.54, 1.807) is 0 Å². The molecule has 0 saturated heterocycles. The molecule has 2 aromatic rings. The van der Waals surface area contributed by atoms with Crippen LogP contribution in [0.1, 0.15) is 116 Å². The largest absolute Gasteiger partial charge is 0.433 e. The fraction of sp³-hybridized carbons (Fsp3) is 0.615. The number of aromatic nitrogens is 2. The van der Waals surface area contributed by atoms with Gasteiger partial charge in [-0.3, -0.25) is 9.97 Å². The van der Waals surface area contributed by atoms with Gasteiger partial charge in [0, 0.05) is 34.3 Å². The normalized spacial score (nSPS) is 26.8. The molecule has 3 heterocycles. The van der Waals surface area contributed by atoms with Crippen LogP contribution in [0.2, 0.25) is 0 Å². The van der Waals surface area contributed by atoms with Crippen LogP contribution in [0.4, 0.5) is 13.2 Å². The average molecular weight is 459 g/mol. The molecular formula is C26H29F3N2O2. The van der Waals surface area contributed by atoms with Crippen LogP contribution in [-0.2, 0) is 22.9 Å². The second-order valence-corrected chi connectivity index (χ2v) is 10.9.